The molecule has 34 heavy (non-hydrogen) atoms. The largest absolute Gasteiger partial charge is 0.481 e. The predicted molar refractivity (Wildman–Crippen MR) is 126 cm³/mol. The smallest absolute Gasteiger partial charge is 0.406 e. The number of pyridine rings is 1. The van der Waals surface area contributed by atoms with Crippen molar-refractivity contribution < 1.29 is 28.5 Å². The van der Waals surface area contributed by atoms with Crippen LogP contribution in [0.5, 0.6) is 5.88 Å². The lowest BCUT2D eigenvalue weighted by Gasteiger charge is -2.36. The maximum absolute atomic E-state index is 13.6. The summed E-state index contributed by atoms with van der Waals surface area (Å²) in [5.74, 6) is 0.513. The van der Waals surface area contributed by atoms with Crippen LogP contribution >= 0.6 is 0 Å². The van der Waals surface area contributed by atoms with E-state index in [1.165, 1.54) is 7.11 Å². The standard InChI is InChI=1S/C24H38N4O6/c1-5-33-15-20-13-25-14-21(34-20)23(29)28(19-8-9-19)16(2)17-11-18(27-22(12-17)31-3)7-6-10-26-24(30)32-4/h11-12,16,19-21,25H,5-10,13-15H2,1-4H3,(H,26,30)/t16-,20-,21+/m0/s1. The molecule has 2 aliphatic rings. The van der Waals surface area contributed by atoms with Crippen molar-refractivity contribution >= 4 is 12.0 Å². The second kappa shape index (κ2) is 12.9. The molecule has 1 aliphatic carbocycles. The lowest BCUT2D eigenvalue weighted by Crippen LogP contribution is -2.54. The second-order valence-corrected chi connectivity index (χ2v) is 8.67. The van der Waals surface area contributed by atoms with Crippen LogP contribution in [0.4, 0.5) is 4.79 Å². The van der Waals surface area contributed by atoms with Crippen LogP contribution in [0.1, 0.15) is 50.4 Å². The minimum Gasteiger partial charge on any atom is -0.481 e. The first-order chi connectivity index (χ1) is 16.5. The summed E-state index contributed by atoms with van der Waals surface area (Å²) in [5, 5.41) is 5.99. The molecule has 1 saturated carbocycles. The highest BCUT2D eigenvalue weighted by Gasteiger charge is 2.41. The first-order valence-corrected chi connectivity index (χ1v) is 12.1. The van der Waals surface area contributed by atoms with Crippen LogP contribution in [0.25, 0.3) is 0 Å². The van der Waals surface area contributed by atoms with Crippen LogP contribution in [0.15, 0.2) is 12.1 Å². The zero-order chi connectivity index (χ0) is 24.5. The van der Waals surface area contributed by atoms with E-state index in [0.717, 1.165) is 24.1 Å². The summed E-state index contributed by atoms with van der Waals surface area (Å²) in [6.07, 6.45) is 2.23. The molecule has 0 aromatic carbocycles. The van der Waals surface area contributed by atoms with Gasteiger partial charge < -0.3 is 34.5 Å². The van der Waals surface area contributed by atoms with E-state index in [-0.39, 0.29) is 24.1 Å². The number of rotatable bonds is 12. The molecule has 2 amide bonds. The van der Waals surface area contributed by atoms with Crippen LogP contribution in [0.3, 0.4) is 0 Å². The number of nitrogens with one attached hydrogen (secondary N) is 2. The van der Waals surface area contributed by atoms with Gasteiger partial charge in [0.15, 0.2) is 0 Å². The fourth-order valence-corrected chi connectivity index (χ4v) is 4.15. The van der Waals surface area contributed by atoms with E-state index in [1.807, 2.05) is 30.9 Å². The summed E-state index contributed by atoms with van der Waals surface area (Å²) in [6.45, 7) is 6.74. The predicted octanol–water partition coefficient (Wildman–Crippen LogP) is 1.82. The quantitative estimate of drug-likeness (QED) is 0.438. The van der Waals surface area contributed by atoms with Crippen molar-refractivity contribution in [1.29, 1.82) is 0 Å². The van der Waals surface area contributed by atoms with Crippen molar-refractivity contribution in [1.82, 2.24) is 20.5 Å². The monoisotopic (exact) mass is 478 g/mol. The number of carbonyl (C=O) groups excluding carboxylic acids is 2. The van der Waals surface area contributed by atoms with Crippen LogP contribution in [0.2, 0.25) is 0 Å². The third-order valence-electron chi connectivity index (χ3n) is 6.09. The van der Waals surface area contributed by atoms with Crippen LogP contribution in [0, 0.1) is 0 Å². The molecule has 2 N–H and O–H groups in total. The normalized spacial score (nSPS) is 20.9. The SMILES string of the molecule is CCOC[C@@H]1CNC[C@H](C(=O)N(C2CC2)[C@@H](C)c2cc(CCCNC(=O)OC)nc(OC)c2)O1. The summed E-state index contributed by atoms with van der Waals surface area (Å²) in [6, 6.07) is 3.97. The van der Waals surface area contributed by atoms with E-state index in [4.69, 9.17) is 14.2 Å². The van der Waals surface area contributed by atoms with Gasteiger partial charge in [-0.15, -0.1) is 0 Å². The van der Waals surface area contributed by atoms with Gasteiger partial charge in [-0.05, 0) is 51.2 Å². The average Bonchev–Trinajstić information content (AvgIpc) is 3.70. The molecule has 2 fully saturated rings. The molecular formula is C24H38N4O6. The molecule has 1 aromatic heterocycles. The number of morpholine rings is 1. The molecule has 3 rings (SSSR count). The minimum atomic E-state index is -0.533. The van der Waals surface area contributed by atoms with E-state index in [0.29, 0.717) is 51.6 Å². The van der Waals surface area contributed by atoms with Gasteiger partial charge >= 0.3 is 6.09 Å². The Morgan fingerprint density at radius 2 is 2.09 bits per heavy atom. The number of hydrogen-bond donors (Lipinski definition) is 2. The zero-order valence-electron chi connectivity index (χ0n) is 20.7. The minimum absolute atomic E-state index is 0.00306. The summed E-state index contributed by atoms with van der Waals surface area (Å²) in [7, 11) is 2.93. The number of carbonyl (C=O) groups is 2. The number of nitrogens with zero attached hydrogens (tertiary/aromatic N) is 2. The molecule has 0 bridgehead atoms. The average molecular weight is 479 g/mol. The third kappa shape index (κ3) is 7.28. The molecular weight excluding hydrogens is 440 g/mol. The highest BCUT2D eigenvalue weighted by atomic mass is 16.5. The summed E-state index contributed by atoms with van der Waals surface area (Å²) >= 11 is 0. The topological polar surface area (TPSA) is 111 Å². The fourth-order valence-electron chi connectivity index (χ4n) is 4.15. The van der Waals surface area contributed by atoms with E-state index < -0.39 is 12.2 Å². The van der Waals surface area contributed by atoms with Crippen molar-refractivity contribution in [2.24, 2.45) is 0 Å². The van der Waals surface area contributed by atoms with Crippen LogP contribution in [-0.2, 0) is 25.4 Å². The Morgan fingerprint density at radius 3 is 2.76 bits per heavy atom. The lowest BCUT2D eigenvalue weighted by atomic mass is 10.0. The zero-order valence-corrected chi connectivity index (χ0v) is 20.7. The molecule has 0 radical (unpaired) electrons. The molecule has 2 heterocycles. The molecule has 3 atom stereocenters. The molecule has 1 saturated heterocycles. The number of aryl methyl sites for hydroxylation is 1. The van der Waals surface area contributed by atoms with Crippen LogP contribution < -0.4 is 15.4 Å². The summed E-state index contributed by atoms with van der Waals surface area (Å²) in [5.41, 5.74) is 1.82. The first-order valence-electron chi connectivity index (χ1n) is 12.1. The van der Waals surface area contributed by atoms with Gasteiger partial charge in [0.25, 0.3) is 5.91 Å². The fraction of sp³-hybridized carbons (Fsp3) is 0.708. The first kappa shape index (κ1) is 26.2. The van der Waals surface area contributed by atoms with Crippen molar-refractivity contribution in [2.75, 3.05) is 47.1 Å². The van der Waals surface area contributed by atoms with Gasteiger partial charge in [0.1, 0.15) is 6.10 Å². The molecule has 190 valence electrons. The molecule has 1 aromatic rings. The van der Waals surface area contributed by atoms with Gasteiger partial charge in [0.2, 0.25) is 5.88 Å². The second-order valence-electron chi connectivity index (χ2n) is 8.67. The summed E-state index contributed by atoms with van der Waals surface area (Å²) < 4.78 is 21.6. The van der Waals surface area contributed by atoms with Crippen molar-refractivity contribution in [3.63, 3.8) is 0 Å². The number of hydrogen-bond acceptors (Lipinski definition) is 8. The third-order valence-corrected chi connectivity index (χ3v) is 6.09. The Hall–Kier alpha value is -2.43. The Balaban J connectivity index is 1.70. The lowest BCUT2D eigenvalue weighted by molar-refractivity contribution is -0.156. The van der Waals surface area contributed by atoms with Crippen molar-refractivity contribution in [3.8, 4) is 5.88 Å². The number of methoxy groups -OCH3 is 2. The Bertz CT molecular complexity index is 819. The molecule has 10 heteroatoms. The van der Waals surface area contributed by atoms with Gasteiger partial charge in [-0.1, -0.05) is 0 Å². The molecule has 0 spiro atoms. The number of aromatic nitrogens is 1. The maximum atomic E-state index is 13.6. The Morgan fingerprint density at radius 1 is 1.29 bits per heavy atom. The van der Waals surface area contributed by atoms with Gasteiger partial charge in [-0.2, -0.15) is 0 Å². The Labute approximate surface area is 201 Å². The van der Waals surface area contributed by atoms with E-state index in [1.54, 1.807) is 7.11 Å². The highest BCUT2D eigenvalue weighted by molar-refractivity contribution is 5.82. The number of ether oxygens (including phenoxy) is 4. The van der Waals surface area contributed by atoms with Gasteiger partial charge in [-0.3, -0.25) is 4.79 Å². The van der Waals surface area contributed by atoms with E-state index in [2.05, 4.69) is 20.4 Å². The summed E-state index contributed by atoms with van der Waals surface area (Å²) in [4.78, 5) is 31.3. The Kier molecular flexibility index (Phi) is 9.91. The highest BCUT2D eigenvalue weighted by Crippen LogP contribution is 2.36. The van der Waals surface area contributed by atoms with E-state index in [9.17, 15) is 9.59 Å². The van der Waals surface area contributed by atoms with Gasteiger partial charge in [0.05, 0.1) is 33.0 Å². The van der Waals surface area contributed by atoms with Crippen LogP contribution in [-0.4, -0.2) is 87.2 Å². The number of alkyl carbamates (subject to hydrolysis) is 1. The maximum Gasteiger partial charge on any atom is 0.406 e. The van der Waals surface area contributed by atoms with E-state index >= 15 is 0 Å². The number of amides is 2. The van der Waals surface area contributed by atoms with Gasteiger partial charge in [-0.25, -0.2) is 9.78 Å². The molecule has 0 unspecified atom stereocenters. The molecule has 1 aliphatic heterocycles. The van der Waals surface area contributed by atoms with Crippen molar-refractivity contribution in [2.45, 2.75) is 63.8 Å². The van der Waals surface area contributed by atoms with Crippen molar-refractivity contribution in [3.05, 3.63) is 23.4 Å². The van der Waals surface area contributed by atoms with Gasteiger partial charge in [0, 0.05) is 44.0 Å². The molecule has 10 nitrogen and oxygen atoms in total.